The Morgan fingerprint density at radius 3 is 2.34 bits per heavy atom. The maximum atomic E-state index is 12.5. The molecule has 2 aromatic rings. The first-order valence-corrected chi connectivity index (χ1v) is 11.4. The van der Waals surface area contributed by atoms with Gasteiger partial charge in [-0.3, -0.25) is 14.9 Å². The topological polar surface area (TPSA) is 92.5 Å². The number of piperazine rings is 1. The Bertz CT molecular complexity index is 993. The number of nitrogens with zero attached hydrogens (tertiary/aromatic N) is 5. The molecule has 0 N–H and O–H groups in total. The minimum Gasteiger partial charge on any atom is -0.353 e. The van der Waals surface area contributed by atoms with Gasteiger partial charge < -0.3 is 9.80 Å². The lowest BCUT2D eigenvalue weighted by Crippen LogP contribution is -2.49. The molecule has 1 aromatic carbocycles. The van der Waals surface area contributed by atoms with Gasteiger partial charge in [0.1, 0.15) is 11.6 Å². The number of aromatic nitrogens is 2. The van der Waals surface area contributed by atoms with Crippen LogP contribution in [0.15, 0.2) is 24.3 Å². The van der Waals surface area contributed by atoms with Gasteiger partial charge in [0, 0.05) is 68.3 Å². The third-order valence-corrected chi connectivity index (χ3v) is 6.19. The molecule has 4 rings (SSSR count). The Hall–Kier alpha value is -3.03. The Kier molecular flexibility index (Phi) is 6.39. The molecule has 1 amide bonds. The Morgan fingerprint density at radius 2 is 1.78 bits per heavy atom. The van der Waals surface area contributed by atoms with Crippen molar-refractivity contribution in [2.45, 2.75) is 52.4 Å². The number of aryl methyl sites for hydroxylation is 1. The predicted molar refractivity (Wildman–Crippen MR) is 123 cm³/mol. The summed E-state index contributed by atoms with van der Waals surface area (Å²) in [4.78, 5) is 37.1. The number of carbonyl (C=O) groups is 1. The molecule has 1 aliphatic carbocycles. The third-order valence-electron chi connectivity index (χ3n) is 6.19. The zero-order valence-electron chi connectivity index (χ0n) is 19.1. The predicted octanol–water partition coefficient (Wildman–Crippen LogP) is 3.86. The van der Waals surface area contributed by atoms with Crippen molar-refractivity contribution in [2.24, 2.45) is 5.92 Å². The van der Waals surface area contributed by atoms with E-state index in [2.05, 4.69) is 18.7 Å². The zero-order valence-corrected chi connectivity index (χ0v) is 19.1. The van der Waals surface area contributed by atoms with Crippen LogP contribution < -0.4 is 4.90 Å². The van der Waals surface area contributed by atoms with Crippen LogP contribution in [0.2, 0.25) is 0 Å². The summed E-state index contributed by atoms with van der Waals surface area (Å²) < 4.78 is 0. The zero-order chi connectivity index (χ0) is 22.8. The summed E-state index contributed by atoms with van der Waals surface area (Å²) in [6, 6.07) is 6.70. The summed E-state index contributed by atoms with van der Waals surface area (Å²) in [5.41, 5.74) is 3.11. The fourth-order valence-corrected chi connectivity index (χ4v) is 4.18. The molecule has 1 aromatic heterocycles. The highest BCUT2D eigenvalue weighted by Crippen LogP contribution is 2.39. The van der Waals surface area contributed by atoms with Crippen molar-refractivity contribution in [3.05, 3.63) is 57.0 Å². The van der Waals surface area contributed by atoms with E-state index < -0.39 is 0 Å². The molecular weight excluding hydrogens is 406 g/mol. The standard InChI is InChI=1S/C24H31N5O3/c1-16(2)14-22(30)27-10-12-28(13-11-27)24-21(17(3)25-23(26-24)19-6-7-19)15-18-4-8-20(9-5-18)29(31)32/h4-5,8-9,16,19H,6-7,10-15H2,1-3H3. The number of anilines is 1. The number of carbonyl (C=O) groups excluding carboxylic acids is 1. The van der Waals surface area contributed by atoms with E-state index in [-0.39, 0.29) is 16.5 Å². The lowest BCUT2D eigenvalue weighted by Gasteiger charge is -2.37. The maximum Gasteiger partial charge on any atom is 0.269 e. The van der Waals surface area contributed by atoms with Crippen molar-refractivity contribution < 1.29 is 9.72 Å². The number of nitro benzene ring substituents is 1. The van der Waals surface area contributed by atoms with Gasteiger partial charge in [0.05, 0.1) is 4.92 Å². The molecule has 32 heavy (non-hydrogen) atoms. The molecule has 8 heteroatoms. The Labute approximate surface area is 188 Å². The lowest BCUT2D eigenvalue weighted by molar-refractivity contribution is -0.384. The van der Waals surface area contributed by atoms with E-state index in [1.165, 1.54) is 0 Å². The molecule has 0 atom stereocenters. The van der Waals surface area contributed by atoms with Crippen molar-refractivity contribution in [1.29, 1.82) is 0 Å². The van der Waals surface area contributed by atoms with E-state index in [1.54, 1.807) is 24.3 Å². The van der Waals surface area contributed by atoms with Crippen molar-refractivity contribution in [2.75, 3.05) is 31.1 Å². The molecule has 2 heterocycles. The first kappa shape index (κ1) is 22.2. The van der Waals surface area contributed by atoms with Crippen LogP contribution in [0.3, 0.4) is 0 Å². The molecule has 0 unspecified atom stereocenters. The summed E-state index contributed by atoms with van der Waals surface area (Å²) >= 11 is 0. The molecule has 0 bridgehead atoms. The van der Waals surface area contributed by atoms with Gasteiger partial charge in [-0.15, -0.1) is 0 Å². The summed E-state index contributed by atoms with van der Waals surface area (Å²) in [5, 5.41) is 11.0. The van der Waals surface area contributed by atoms with Gasteiger partial charge >= 0.3 is 0 Å². The summed E-state index contributed by atoms with van der Waals surface area (Å²) in [6.45, 7) is 9.06. The highest BCUT2D eigenvalue weighted by atomic mass is 16.6. The van der Waals surface area contributed by atoms with E-state index in [1.807, 2.05) is 11.8 Å². The van der Waals surface area contributed by atoms with Crippen LogP contribution in [0.5, 0.6) is 0 Å². The molecule has 2 aliphatic rings. The summed E-state index contributed by atoms with van der Waals surface area (Å²) in [7, 11) is 0. The van der Waals surface area contributed by atoms with Crippen molar-refractivity contribution in [1.82, 2.24) is 14.9 Å². The van der Waals surface area contributed by atoms with Crippen LogP contribution in [-0.4, -0.2) is 51.9 Å². The summed E-state index contributed by atoms with van der Waals surface area (Å²) in [6.07, 6.45) is 3.48. The summed E-state index contributed by atoms with van der Waals surface area (Å²) in [5.74, 6) is 2.91. The molecule has 1 saturated carbocycles. The van der Waals surface area contributed by atoms with Crippen LogP contribution in [0.4, 0.5) is 11.5 Å². The van der Waals surface area contributed by atoms with Crippen LogP contribution >= 0.6 is 0 Å². The number of non-ortho nitro benzene ring substituents is 1. The molecule has 0 spiro atoms. The molecule has 1 aliphatic heterocycles. The van der Waals surface area contributed by atoms with E-state index in [4.69, 9.17) is 9.97 Å². The molecule has 0 radical (unpaired) electrons. The average molecular weight is 438 g/mol. The van der Waals surface area contributed by atoms with Crippen molar-refractivity contribution in [3.63, 3.8) is 0 Å². The van der Waals surface area contributed by atoms with Gasteiger partial charge in [0.2, 0.25) is 5.91 Å². The van der Waals surface area contributed by atoms with Gasteiger partial charge in [0.15, 0.2) is 0 Å². The van der Waals surface area contributed by atoms with Crippen molar-refractivity contribution >= 4 is 17.4 Å². The van der Waals surface area contributed by atoms with E-state index >= 15 is 0 Å². The fourth-order valence-electron chi connectivity index (χ4n) is 4.18. The Balaban J connectivity index is 1.56. The molecule has 8 nitrogen and oxygen atoms in total. The van der Waals surface area contributed by atoms with Gasteiger partial charge in [0.25, 0.3) is 5.69 Å². The fraction of sp³-hybridized carbons (Fsp3) is 0.542. The SMILES string of the molecule is Cc1nc(C2CC2)nc(N2CCN(C(=O)CC(C)C)CC2)c1Cc1ccc([N+](=O)[O-])cc1. The van der Waals surface area contributed by atoms with Gasteiger partial charge in [-0.2, -0.15) is 0 Å². The highest BCUT2D eigenvalue weighted by Gasteiger charge is 2.30. The largest absolute Gasteiger partial charge is 0.353 e. The maximum absolute atomic E-state index is 12.5. The van der Waals surface area contributed by atoms with Crippen LogP contribution in [-0.2, 0) is 11.2 Å². The first-order valence-electron chi connectivity index (χ1n) is 11.4. The number of benzene rings is 1. The molecule has 2 fully saturated rings. The number of amides is 1. The van der Waals surface area contributed by atoms with Gasteiger partial charge in [-0.05, 0) is 31.2 Å². The van der Waals surface area contributed by atoms with E-state index in [0.29, 0.717) is 37.8 Å². The molecule has 170 valence electrons. The van der Waals surface area contributed by atoms with Crippen molar-refractivity contribution in [3.8, 4) is 0 Å². The number of hydrogen-bond donors (Lipinski definition) is 0. The smallest absolute Gasteiger partial charge is 0.269 e. The highest BCUT2D eigenvalue weighted by molar-refractivity contribution is 5.76. The Morgan fingerprint density at radius 1 is 1.12 bits per heavy atom. The van der Waals surface area contributed by atoms with Crippen LogP contribution in [0, 0.1) is 23.0 Å². The van der Waals surface area contributed by atoms with E-state index in [0.717, 1.165) is 54.4 Å². The first-order chi connectivity index (χ1) is 15.3. The second-order valence-corrected chi connectivity index (χ2v) is 9.31. The number of nitro groups is 1. The second kappa shape index (κ2) is 9.22. The van der Waals surface area contributed by atoms with Gasteiger partial charge in [-0.25, -0.2) is 9.97 Å². The lowest BCUT2D eigenvalue weighted by atomic mass is 10.0. The van der Waals surface area contributed by atoms with Crippen LogP contribution in [0.1, 0.15) is 61.7 Å². The second-order valence-electron chi connectivity index (χ2n) is 9.31. The molecule has 1 saturated heterocycles. The van der Waals surface area contributed by atoms with Gasteiger partial charge in [-0.1, -0.05) is 26.0 Å². The normalized spacial score (nSPS) is 16.5. The number of rotatable bonds is 7. The molecular formula is C24H31N5O3. The monoisotopic (exact) mass is 437 g/mol. The average Bonchev–Trinajstić information content (AvgIpc) is 3.60. The minimum atomic E-state index is -0.381. The quantitative estimate of drug-likeness (QED) is 0.482. The third kappa shape index (κ3) is 5.06. The van der Waals surface area contributed by atoms with Crippen LogP contribution in [0.25, 0.3) is 0 Å². The minimum absolute atomic E-state index is 0.0909. The van der Waals surface area contributed by atoms with E-state index in [9.17, 15) is 14.9 Å². The number of hydrogen-bond acceptors (Lipinski definition) is 6.